The van der Waals surface area contributed by atoms with Crippen molar-refractivity contribution in [2.75, 3.05) is 23.9 Å². The summed E-state index contributed by atoms with van der Waals surface area (Å²) < 4.78 is 54.6. The molecule has 3 rings (SSSR count). The van der Waals surface area contributed by atoms with Gasteiger partial charge in [-0.15, -0.1) is 0 Å². The molecule has 2 aromatic rings. The number of esters is 1. The number of rotatable bonds is 6. The number of methoxy groups -OCH3 is 1. The highest BCUT2D eigenvalue weighted by Crippen LogP contribution is 2.38. The van der Waals surface area contributed by atoms with Crippen LogP contribution in [0.25, 0.3) is 0 Å². The Labute approximate surface area is 201 Å². The van der Waals surface area contributed by atoms with Crippen molar-refractivity contribution in [2.24, 2.45) is 0 Å². The fourth-order valence-electron chi connectivity index (χ4n) is 3.39. The Hall–Kier alpha value is -3.69. The van der Waals surface area contributed by atoms with Gasteiger partial charge in [0, 0.05) is 18.3 Å². The number of carbonyl (C=O) groups excluding carboxylic acids is 2. The lowest BCUT2D eigenvalue weighted by molar-refractivity contribution is -0.242. The molecular weight excluding hydrogens is 465 g/mol. The summed E-state index contributed by atoms with van der Waals surface area (Å²) in [6, 6.07) is 14.4. The Morgan fingerprint density at radius 3 is 2.49 bits per heavy atom. The minimum absolute atomic E-state index is 0.244. The van der Waals surface area contributed by atoms with Gasteiger partial charge in [0.1, 0.15) is 11.9 Å². The smallest absolute Gasteiger partial charge is 0.427 e. The Balaban J connectivity index is 1.87. The Bertz CT molecular complexity index is 1100. The van der Waals surface area contributed by atoms with Crippen molar-refractivity contribution in [1.82, 2.24) is 0 Å². The van der Waals surface area contributed by atoms with Crippen molar-refractivity contribution >= 4 is 23.4 Å². The molecule has 0 spiro atoms. The van der Waals surface area contributed by atoms with Crippen LogP contribution in [0.2, 0.25) is 0 Å². The highest BCUT2D eigenvalue weighted by molar-refractivity contribution is 5.86. The first kappa shape index (κ1) is 25.9. The first-order valence-corrected chi connectivity index (χ1v) is 10.8. The van der Waals surface area contributed by atoms with E-state index in [1.807, 2.05) is 35.2 Å². The topological polar surface area (TPSA) is 77.1 Å². The van der Waals surface area contributed by atoms with Crippen LogP contribution in [0.3, 0.4) is 0 Å². The van der Waals surface area contributed by atoms with E-state index in [2.05, 4.69) is 10.1 Å². The maximum absolute atomic E-state index is 13.1. The molecule has 1 N–H and O–H groups in total. The van der Waals surface area contributed by atoms with Gasteiger partial charge >= 0.3 is 18.2 Å². The standard InChI is InChI=1S/C25H27F3N2O5/c1-16(12-22(31)33-4)21-15-30(14-17-8-6-5-7-9-17)19-13-18(10-11-20(19)34-21)29-23(32)35-24(2,3)25(26,27)28/h5-13,21H,14-15H2,1-4H3,(H,29,32)/b16-12+/t21-/m1/s1. The molecule has 35 heavy (non-hydrogen) atoms. The van der Waals surface area contributed by atoms with Crippen LogP contribution in [-0.2, 0) is 20.8 Å². The van der Waals surface area contributed by atoms with Crippen LogP contribution in [0, 0.1) is 0 Å². The molecule has 1 heterocycles. The van der Waals surface area contributed by atoms with Gasteiger partial charge in [0.15, 0.2) is 0 Å². The molecule has 0 bridgehead atoms. The fraction of sp³-hybridized carbons (Fsp3) is 0.360. The summed E-state index contributed by atoms with van der Waals surface area (Å²) in [6.45, 7) is 4.20. The Morgan fingerprint density at radius 2 is 1.86 bits per heavy atom. The zero-order valence-electron chi connectivity index (χ0n) is 19.8. The van der Waals surface area contributed by atoms with E-state index in [-0.39, 0.29) is 5.69 Å². The highest BCUT2D eigenvalue weighted by Gasteiger charge is 2.51. The molecule has 7 nitrogen and oxygen atoms in total. The average Bonchev–Trinajstić information content (AvgIpc) is 2.78. The van der Waals surface area contributed by atoms with Crippen molar-refractivity contribution in [3.8, 4) is 5.75 Å². The minimum Gasteiger partial charge on any atom is -0.482 e. The molecule has 1 atom stereocenters. The minimum atomic E-state index is -4.72. The number of nitrogens with one attached hydrogen (secondary N) is 1. The van der Waals surface area contributed by atoms with Gasteiger partial charge in [0.05, 0.1) is 19.3 Å². The molecule has 0 radical (unpaired) electrons. The summed E-state index contributed by atoms with van der Waals surface area (Å²) in [7, 11) is 1.29. The lowest BCUT2D eigenvalue weighted by Gasteiger charge is -2.37. The molecule has 2 aromatic carbocycles. The van der Waals surface area contributed by atoms with E-state index < -0.39 is 29.9 Å². The number of nitrogens with zero attached hydrogens (tertiary/aromatic N) is 1. The van der Waals surface area contributed by atoms with Crippen LogP contribution < -0.4 is 15.0 Å². The number of ether oxygens (including phenoxy) is 3. The molecule has 1 amide bonds. The molecule has 0 aromatic heterocycles. The van der Waals surface area contributed by atoms with Crippen molar-refractivity contribution in [1.29, 1.82) is 0 Å². The van der Waals surface area contributed by atoms with Gasteiger partial charge in [-0.1, -0.05) is 30.3 Å². The van der Waals surface area contributed by atoms with Crippen molar-refractivity contribution in [2.45, 2.75) is 45.2 Å². The molecule has 1 aliphatic rings. The highest BCUT2D eigenvalue weighted by atomic mass is 19.4. The second kappa shape index (κ2) is 10.3. The first-order chi connectivity index (χ1) is 16.4. The fourth-order valence-corrected chi connectivity index (χ4v) is 3.39. The third-order valence-corrected chi connectivity index (χ3v) is 5.50. The number of benzene rings is 2. The lowest BCUT2D eigenvalue weighted by atomic mass is 10.1. The zero-order valence-corrected chi connectivity index (χ0v) is 19.8. The van der Waals surface area contributed by atoms with Crippen molar-refractivity contribution < 1.29 is 37.0 Å². The molecule has 1 aliphatic heterocycles. The second-order valence-corrected chi connectivity index (χ2v) is 8.59. The van der Waals surface area contributed by atoms with Crippen LogP contribution in [0.1, 0.15) is 26.3 Å². The third kappa shape index (κ3) is 6.46. The van der Waals surface area contributed by atoms with E-state index in [1.54, 1.807) is 19.1 Å². The first-order valence-electron chi connectivity index (χ1n) is 10.8. The number of halogens is 3. The van der Waals surface area contributed by atoms with Gasteiger partial charge in [-0.25, -0.2) is 9.59 Å². The summed E-state index contributed by atoms with van der Waals surface area (Å²) in [6.07, 6.45) is -5.02. The number of amides is 1. The van der Waals surface area contributed by atoms with E-state index in [1.165, 1.54) is 19.3 Å². The van der Waals surface area contributed by atoms with E-state index in [0.29, 0.717) is 30.1 Å². The molecule has 188 valence electrons. The molecule has 0 fully saturated rings. The number of hydrogen-bond acceptors (Lipinski definition) is 6. The zero-order chi connectivity index (χ0) is 25.8. The molecule has 10 heteroatoms. The summed E-state index contributed by atoms with van der Waals surface area (Å²) in [4.78, 5) is 25.9. The van der Waals surface area contributed by atoms with Crippen LogP contribution >= 0.6 is 0 Å². The van der Waals surface area contributed by atoms with Crippen molar-refractivity contribution in [3.63, 3.8) is 0 Å². The van der Waals surface area contributed by atoms with Gasteiger partial charge in [0.2, 0.25) is 5.60 Å². The number of fused-ring (bicyclic) bond motifs is 1. The molecule has 0 saturated carbocycles. The predicted octanol–water partition coefficient (Wildman–Crippen LogP) is 5.46. The lowest BCUT2D eigenvalue weighted by Crippen LogP contribution is -2.44. The summed E-state index contributed by atoms with van der Waals surface area (Å²) >= 11 is 0. The largest absolute Gasteiger partial charge is 0.482 e. The third-order valence-electron chi connectivity index (χ3n) is 5.50. The molecule has 0 unspecified atom stereocenters. The van der Waals surface area contributed by atoms with Gasteiger partial charge < -0.3 is 19.1 Å². The van der Waals surface area contributed by atoms with Crippen LogP contribution in [-0.4, -0.2) is 43.6 Å². The Morgan fingerprint density at radius 1 is 1.17 bits per heavy atom. The molecular formula is C25H27F3N2O5. The average molecular weight is 492 g/mol. The predicted molar refractivity (Wildman–Crippen MR) is 124 cm³/mol. The SMILES string of the molecule is COC(=O)/C=C(\C)[C@H]1CN(Cc2ccccc2)c2cc(NC(=O)OC(C)(C)C(F)(F)F)ccc2O1. The number of hydrogen-bond donors (Lipinski definition) is 1. The monoisotopic (exact) mass is 492 g/mol. The van der Waals surface area contributed by atoms with Gasteiger partial charge in [-0.05, 0) is 50.1 Å². The van der Waals surface area contributed by atoms with E-state index in [0.717, 1.165) is 19.4 Å². The summed E-state index contributed by atoms with van der Waals surface area (Å²) in [5.41, 5.74) is -0.0959. The summed E-state index contributed by atoms with van der Waals surface area (Å²) in [5.74, 6) is -0.00400. The number of carbonyl (C=O) groups is 2. The van der Waals surface area contributed by atoms with Gasteiger partial charge in [-0.2, -0.15) is 13.2 Å². The number of anilines is 2. The molecule has 0 aliphatic carbocycles. The summed E-state index contributed by atoms with van der Waals surface area (Å²) in [5, 5.41) is 2.36. The van der Waals surface area contributed by atoms with Gasteiger partial charge in [-0.3, -0.25) is 5.32 Å². The van der Waals surface area contributed by atoms with E-state index >= 15 is 0 Å². The molecule has 0 saturated heterocycles. The van der Waals surface area contributed by atoms with E-state index in [4.69, 9.17) is 9.47 Å². The van der Waals surface area contributed by atoms with Crippen molar-refractivity contribution in [3.05, 3.63) is 65.7 Å². The van der Waals surface area contributed by atoms with Crippen LogP contribution in [0.5, 0.6) is 5.75 Å². The second-order valence-electron chi connectivity index (χ2n) is 8.59. The normalized spacial score (nSPS) is 16.1. The van der Waals surface area contributed by atoms with Crippen LogP contribution in [0.4, 0.5) is 29.3 Å². The number of alkyl halides is 3. The Kier molecular flexibility index (Phi) is 7.62. The maximum Gasteiger partial charge on any atom is 0.427 e. The van der Waals surface area contributed by atoms with Crippen LogP contribution in [0.15, 0.2) is 60.2 Å². The quantitative estimate of drug-likeness (QED) is 0.426. The van der Waals surface area contributed by atoms with Gasteiger partial charge in [0.25, 0.3) is 0 Å². The maximum atomic E-state index is 13.1. The van der Waals surface area contributed by atoms with E-state index in [9.17, 15) is 22.8 Å².